The summed E-state index contributed by atoms with van der Waals surface area (Å²) in [5.74, 6) is 2.04. The second kappa shape index (κ2) is 8.49. The molecule has 140 valence electrons. The standard InChI is InChI=1S/C21H29N3O2/c1-15(2)20-19(16-9-5-4-6-10-16)23-21(26-20)17-11-8-14-24(17)18(25)12-7-13-22-3/h4-6,9-10,15,17,22H,7-8,11-14H2,1-3H3. The van der Waals surface area contributed by atoms with Crippen molar-refractivity contribution in [2.24, 2.45) is 0 Å². The Morgan fingerprint density at radius 3 is 2.81 bits per heavy atom. The maximum absolute atomic E-state index is 12.6. The SMILES string of the molecule is CNCCCC(=O)N1CCCC1c1nc(-c2ccccc2)c(C(C)C)o1. The summed E-state index contributed by atoms with van der Waals surface area (Å²) in [5, 5.41) is 3.10. The van der Waals surface area contributed by atoms with Crippen molar-refractivity contribution in [3.63, 3.8) is 0 Å². The van der Waals surface area contributed by atoms with Gasteiger partial charge >= 0.3 is 0 Å². The van der Waals surface area contributed by atoms with E-state index in [1.807, 2.05) is 30.1 Å². The number of hydrogen-bond acceptors (Lipinski definition) is 4. The number of carbonyl (C=O) groups excluding carboxylic acids is 1. The van der Waals surface area contributed by atoms with Crippen molar-refractivity contribution in [2.75, 3.05) is 20.1 Å². The molecule has 0 saturated carbocycles. The predicted molar refractivity (Wildman–Crippen MR) is 103 cm³/mol. The van der Waals surface area contributed by atoms with Gasteiger partial charge in [0.15, 0.2) is 0 Å². The molecule has 1 aromatic carbocycles. The van der Waals surface area contributed by atoms with Crippen molar-refractivity contribution in [1.82, 2.24) is 15.2 Å². The monoisotopic (exact) mass is 355 g/mol. The third kappa shape index (κ3) is 3.98. The molecule has 3 rings (SSSR count). The highest BCUT2D eigenvalue weighted by molar-refractivity contribution is 5.77. The molecule has 1 N–H and O–H groups in total. The van der Waals surface area contributed by atoms with Crippen LogP contribution in [0.15, 0.2) is 34.7 Å². The molecule has 5 nitrogen and oxygen atoms in total. The number of amides is 1. The number of nitrogens with one attached hydrogen (secondary N) is 1. The zero-order chi connectivity index (χ0) is 18.5. The van der Waals surface area contributed by atoms with Crippen molar-refractivity contribution in [2.45, 2.75) is 51.5 Å². The molecule has 1 aliphatic heterocycles. The second-order valence-electron chi connectivity index (χ2n) is 7.24. The van der Waals surface area contributed by atoms with E-state index in [9.17, 15) is 4.79 Å². The van der Waals surface area contributed by atoms with Crippen LogP contribution in [0.1, 0.15) is 63.1 Å². The van der Waals surface area contributed by atoms with Crippen molar-refractivity contribution < 1.29 is 9.21 Å². The normalized spacial score (nSPS) is 17.2. The van der Waals surface area contributed by atoms with Crippen molar-refractivity contribution in [1.29, 1.82) is 0 Å². The van der Waals surface area contributed by atoms with Crippen LogP contribution in [0.4, 0.5) is 0 Å². The number of nitrogens with zero attached hydrogens (tertiary/aromatic N) is 2. The van der Waals surface area contributed by atoms with Gasteiger partial charge in [0.1, 0.15) is 17.5 Å². The molecule has 1 atom stereocenters. The Balaban J connectivity index is 1.85. The average Bonchev–Trinajstić information content (AvgIpc) is 3.29. The van der Waals surface area contributed by atoms with Crippen LogP contribution in [0.5, 0.6) is 0 Å². The Labute approximate surface area is 155 Å². The fraction of sp³-hybridized carbons (Fsp3) is 0.524. The number of oxazole rings is 1. The maximum atomic E-state index is 12.6. The Morgan fingerprint density at radius 2 is 2.12 bits per heavy atom. The van der Waals surface area contributed by atoms with Crippen LogP contribution >= 0.6 is 0 Å². The van der Waals surface area contributed by atoms with Gasteiger partial charge in [0.05, 0.1) is 0 Å². The maximum Gasteiger partial charge on any atom is 0.223 e. The molecule has 1 aromatic heterocycles. The Bertz CT molecular complexity index is 724. The lowest BCUT2D eigenvalue weighted by Crippen LogP contribution is -2.31. The summed E-state index contributed by atoms with van der Waals surface area (Å²) in [6.07, 6.45) is 3.35. The molecule has 2 aromatic rings. The molecule has 0 radical (unpaired) electrons. The van der Waals surface area contributed by atoms with Gasteiger partial charge < -0.3 is 14.6 Å². The molecular weight excluding hydrogens is 326 g/mol. The second-order valence-corrected chi connectivity index (χ2v) is 7.24. The minimum Gasteiger partial charge on any atom is -0.442 e. The van der Waals surface area contributed by atoms with Gasteiger partial charge in [-0.15, -0.1) is 0 Å². The molecule has 1 amide bonds. The summed E-state index contributed by atoms with van der Waals surface area (Å²) in [4.78, 5) is 19.4. The van der Waals surface area contributed by atoms with E-state index in [2.05, 4.69) is 31.3 Å². The van der Waals surface area contributed by atoms with Crippen molar-refractivity contribution >= 4 is 5.91 Å². The van der Waals surface area contributed by atoms with E-state index in [-0.39, 0.29) is 17.9 Å². The molecule has 5 heteroatoms. The van der Waals surface area contributed by atoms with E-state index in [0.29, 0.717) is 12.3 Å². The zero-order valence-electron chi connectivity index (χ0n) is 16.0. The highest BCUT2D eigenvalue weighted by atomic mass is 16.4. The third-order valence-electron chi connectivity index (χ3n) is 4.92. The van der Waals surface area contributed by atoms with Crippen LogP contribution in [-0.2, 0) is 4.79 Å². The van der Waals surface area contributed by atoms with E-state index in [0.717, 1.165) is 49.4 Å². The first-order valence-corrected chi connectivity index (χ1v) is 9.62. The summed E-state index contributed by atoms with van der Waals surface area (Å²) in [6.45, 7) is 5.89. The zero-order valence-corrected chi connectivity index (χ0v) is 16.0. The summed E-state index contributed by atoms with van der Waals surface area (Å²) < 4.78 is 6.20. The van der Waals surface area contributed by atoms with Crippen LogP contribution < -0.4 is 5.32 Å². The van der Waals surface area contributed by atoms with E-state index in [1.165, 1.54) is 0 Å². The highest BCUT2D eigenvalue weighted by Crippen LogP contribution is 2.37. The lowest BCUT2D eigenvalue weighted by molar-refractivity contribution is -0.132. The van der Waals surface area contributed by atoms with Gasteiger partial charge in [-0.05, 0) is 32.9 Å². The molecule has 0 bridgehead atoms. The van der Waals surface area contributed by atoms with Crippen LogP contribution in [-0.4, -0.2) is 35.9 Å². The largest absolute Gasteiger partial charge is 0.442 e. The topological polar surface area (TPSA) is 58.4 Å². The molecule has 0 aliphatic carbocycles. The number of aromatic nitrogens is 1. The Kier molecular flexibility index (Phi) is 6.09. The molecule has 1 saturated heterocycles. The molecule has 1 unspecified atom stereocenters. The molecule has 1 aliphatic rings. The fourth-order valence-corrected chi connectivity index (χ4v) is 3.57. The Morgan fingerprint density at radius 1 is 1.35 bits per heavy atom. The number of likely N-dealkylation sites (tertiary alicyclic amines) is 1. The minimum absolute atomic E-state index is 0.0351. The summed E-state index contributed by atoms with van der Waals surface area (Å²) in [5.41, 5.74) is 1.97. The average molecular weight is 355 g/mol. The van der Waals surface area contributed by atoms with Gasteiger partial charge in [-0.2, -0.15) is 0 Å². The Hall–Kier alpha value is -2.14. The van der Waals surface area contributed by atoms with Crippen LogP contribution in [0.3, 0.4) is 0 Å². The molecule has 1 fully saturated rings. The number of benzene rings is 1. The first-order chi connectivity index (χ1) is 12.6. The smallest absolute Gasteiger partial charge is 0.223 e. The van der Waals surface area contributed by atoms with E-state index in [4.69, 9.17) is 9.40 Å². The first kappa shape index (κ1) is 18.6. The first-order valence-electron chi connectivity index (χ1n) is 9.62. The molecular formula is C21H29N3O2. The van der Waals surface area contributed by atoms with Gasteiger partial charge in [0, 0.05) is 24.4 Å². The van der Waals surface area contributed by atoms with Gasteiger partial charge in [0.2, 0.25) is 11.8 Å². The van der Waals surface area contributed by atoms with Gasteiger partial charge in [-0.3, -0.25) is 4.79 Å². The number of rotatable bonds is 7. The molecule has 2 heterocycles. The highest BCUT2D eigenvalue weighted by Gasteiger charge is 2.34. The fourth-order valence-electron chi connectivity index (χ4n) is 3.57. The van der Waals surface area contributed by atoms with Crippen LogP contribution in [0, 0.1) is 0 Å². The quantitative estimate of drug-likeness (QED) is 0.759. The summed E-state index contributed by atoms with van der Waals surface area (Å²) in [6, 6.07) is 10.1. The summed E-state index contributed by atoms with van der Waals surface area (Å²) >= 11 is 0. The molecule has 26 heavy (non-hydrogen) atoms. The molecule has 0 spiro atoms. The van der Waals surface area contributed by atoms with Gasteiger partial charge in [0.25, 0.3) is 0 Å². The van der Waals surface area contributed by atoms with Gasteiger partial charge in [-0.1, -0.05) is 44.2 Å². The van der Waals surface area contributed by atoms with Gasteiger partial charge in [-0.25, -0.2) is 4.98 Å². The third-order valence-corrected chi connectivity index (χ3v) is 4.92. The predicted octanol–water partition coefficient (Wildman–Crippen LogP) is 4.13. The van der Waals surface area contributed by atoms with Crippen LogP contribution in [0.2, 0.25) is 0 Å². The lowest BCUT2D eigenvalue weighted by atomic mass is 10.0. The van der Waals surface area contributed by atoms with E-state index >= 15 is 0 Å². The van der Waals surface area contributed by atoms with Crippen LogP contribution in [0.25, 0.3) is 11.3 Å². The van der Waals surface area contributed by atoms with Crippen molar-refractivity contribution in [3.8, 4) is 11.3 Å². The lowest BCUT2D eigenvalue weighted by Gasteiger charge is -2.22. The van der Waals surface area contributed by atoms with E-state index < -0.39 is 0 Å². The summed E-state index contributed by atoms with van der Waals surface area (Å²) in [7, 11) is 1.91. The number of carbonyl (C=O) groups is 1. The van der Waals surface area contributed by atoms with E-state index in [1.54, 1.807) is 0 Å². The number of hydrogen-bond donors (Lipinski definition) is 1. The minimum atomic E-state index is -0.0351. The van der Waals surface area contributed by atoms with Crippen molar-refractivity contribution in [3.05, 3.63) is 42.0 Å².